The van der Waals surface area contributed by atoms with E-state index in [0.29, 0.717) is 0 Å². The maximum absolute atomic E-state index is 11.1. The Bertz CT molecular complexity index is 439. The third-order valence-electron chi connectivity index (χ3n) is 2.71. The zero-order chi connectivity index (χ0) is 16.0. The van der Waals surface area contributed by atoms with Crippen molar-refractivity contribution in [2.75, 3.05) is 14.2 Å². The second-order valence-corrected chi connectivity index (χ2v) is 4.80. The number of esters is 2. The van der Waals surface area contributed by atoms with Gasteiger partial charge in [-0.1, -0.05) is 6.08 Å². The molecule has 0 aromatic rings. The van der Waals surface area contributed by atoms with Gasteiger partial charge in [0.25, 0.3) is 0 Å². The van der Waals surface area contributed by atoms with Crippen molar-refractivity contribution < 1.29 is 33.6 Å². The minimum Gasteiger partial charge on any atom is -0.467 e. The van der Waals surface area contributed by atoms with Crippen molar-refractivity contribution in [3.05, 3.63) is 24.3 Å². The van der Waals surface area contributed by atoms with E-state index in [2.05, 4.69) is 9.47 Å². The molecule has 1 N–H and O–H groups in total. The van der Waals surface area contributed by atoms with Gasteiger partial charge in [-0.3, -0.25) is 0 Å². The molecule has 0 amide bonds. The van der Waals surface area contributed by atoms with Gasteiger partial charge in [0.15, 0.2) is 11.9 Å². The average Bonchev–Trinajstić information content (AvgIpc) is 2.75. The summed E-state index contributed by atoms with van der Waals surface area (Å²) in [7, 11) is 2.45. The lowest BCUT2D eigenvalue weighted by molar-refractivity contribution is -0.147. The van der Waals surface area contributed by atoms with Gasteiger partial charge in [-0.05, 0) is 26.0 Å². The molecule has 0 aromatic carbocycles. The number of rotatable bonds is 5. The van der Waals surface area contributed by atoms with Crippen molar-refractivity contribution in [2.45, 2.75) is 37.9 Å². The van der Waals surface area contributed by atoms with Gasteiger partial charge in [-0.25, -0.2) is 9.59 Å². The van der Waals surface area contributed by atoms with Crippen LogP contribution in [0.2, 0.25) is 0 Å². The molecule has 1 fully saturated rings. The highest BCUT2D eigenvalue weighted by molar-refractivity contribution is 5.81. The van der Waals surface area contributed by atoms with Crippen molar-refractivity contribution >= 4 is 11.9 Å². The lowest BCUT2D eigenvalue weighted by Gasteiger charge is -2.15. The fourth-order valence-corrected chi connectivity index (χ4v) is 1.77. The predicted octanol–water partition coefficient (Wildman–Crippen LogP) is 0.326. The Balaban J connectivity index is 2.77. The molecule has 1 rings (SSSR count). The first kappa shape index (κ1) is 17.4. The number of aliphatic hydroxyl groups excluding tert-OH is 1. The molecule has 1 saturated heterocycles. The highest BCUT2D eigenvalue weighted by Crippen LogP contribution is 2.29. The van der Waals surface area contributed by atoms with E-state index in [-0.39, 0.29) is 0 Å². The van der Waals surface area contributed by atoms with E-state index in [1.807, 2.05) is 0 Å². The highest BCUT2D eigenvalue weighted by atomic mass is 16.7. The van der Waals surface area contributed by atoms with Crippen LogP contribution < -0.4 is 0 Å². The van der Waals surface area contributed by atoms with Crippen LogP contribution in [-0.4, -0.2) is 55.4 Å². The standard InChI is InChI=1S/C14H20O7/c1-14(2)20-10(6-5-9(15)13(17)19-4)11(21-14)7-8-12(16)18-3/h5-11,15H,1-4H3/b6-5+,8-7+/t9-,10+,11-/m0/s1. The average molecular weight is 300 g/mol. The summed E-state index contributed by atoms with van der Waals surface area (Å²) in [6.45, 7) is 3.44. The normalized spacial score (nSPS) is 26.1. The molecular weight excluding hydrogens is 280 g/mol. The minimum atomic E-state index is -1.38. The first-order chi connectivity index (χ1) is 9.79. The third-order valence-corrected chi connectivity index (χ3v) is 2.71. The molecule has 21 heavy (non-hydrogen) atoms. The second-order valence-electron chi connectivity index (χ2n) is 4.80. The molecule has 0 spiro atoms. The van der Waals surface area contributed by atoms with Crippen molar-refractivity contribution in [1.82, 2.24) is 0 Å². The van der Waals surface area contributed by atoms with Gasteiger partial charge in [-0.15, -0.1) is 0 Å². The second kappa shape index (κ2) is 7.35. The minimum absolute atomic E-state index is 0.513. The summed E-state index contributed by atoms with van der Waals surface area (Å²) >= 11 is 0. The lowest BCUT2D eigenvalue weighted by Crippen LogP contribution is -2.22. The summed E-state index contributed by atoms with van der Waals surface area (Å²) in [6, 6.07) is 0. The third kappa shape index (κ3) is 5.30. The van der Waals surface area contributed by atoms with Crippen LogP contribution in [0.25, 0.3) is 0 Å². The predicted molar refractivity (Wildman–Crippen MR) is 72.1 cm³/mol. The van der Waals surface area contributed by atoms with Crippen LogP contribution in [0.5, 0.6) is 0 Å². The van der Waals surface area contributed by atoms with Crippen LogP contribution in [0.3, 0.4) is 0 Å². The molecule has 118 valence electrons. The molecule has 0 aromatic heterocycles. The van der Waals surface area contributed by atoms with Gasteiger partial charge in [-0.2, -0.15) is 0 Å². The molecule has 1 aliphatic heterocycles. The molecule has 3 atom stereocenters. The Morgan fingerprint density at radius 2 is 1.71 bits per heavy atom. The number of carbonyl (C=O) groups excluding carboxylic acids is 2. The monoisotopic (exact) mass is 300 g/mol. The topological polar surface area (TPSA) is 91.3 Å². The smallest absolute Gasteiger partial charge is 0.338 e. The first-order valence-corrected chi connectivity index (χ1v) is 6.35. The van der Waals surface area contributed by atoms with E-state index in [0.717, 1.165) is 0 Å². The summed E-state index contributed by atoms with van der Waals surface area (Å²) in [6.07, 6.45) is 2.99. The zero-order valence-electron chi connectivity index (χ0n) is 12.4. The first-order valence-electron chi connectivity index (χ1n) is 6.35. The van der Waals surface area contributed by atoms with E-state index >= 15 is 0 Å². The van der Waals surface area contributed by atoms with E-state index in [9.17, 15) is 14.7 Å². The van der Waals surface area contributed by atoms with Gasteiger partial charge < -0.3 is 24.1 Å². The molecule has 7 heteroatoms. The highest BCUT2D eigenvalue weighted by Gasteiger charge is 2.38. The molecule has 0 bridgehead atoms. The van der Waals surface area contributed by atoms with Crippen molar-refractivity contribution in [3.8, 4) is 0 Å². The van der Waals surface area contributed by atoms with Gasteiger partial charge in [0.05, 0.1) is 14.2 Å². The molecule has 0 aliphatic carbocycles. The zero-order valence-corrected chi connectivity index (χ0v) is 12.4. The van der Waals surface area contributed by atoms with Gasteiger partial charge >= 0.3 is 11.9 Å². The van der Waals surface area contributed by atoms with Gasteiger partial charge in [0, 0.05) is 6.08 Å². The van der Waals surface area contributed by atoms with Crippen LogP contribution in [0.4, 0.5) is 0 Å². The van der Waals surface area contributed by atoms with Crippen LogP contribution >= 0.6 is 0 Å². The Kier molecular flexibility index (Phi) is 6.07. The van der Waals surface area contributed by atoms with Crippen molar-refractivity contribution in [1.29, 1.82) is 0 Å². The van der Waals surface area contributed by atoms with Crippen LogP contribution in [0.1, 0.15) is 13.8 Å². The van der Waals surface area contributed by atoms with Crippen molar-refractivity contribution in [3.63, 3.8) is 0 Å². The molecule has 7 nitrogen and oxygen atoms in total. The Morgan fingerprint density at radius 1 is 1.14 bits per heavy atom. The Morgan fingerprint density at radius 3 is 2.24 bits per heavy atom. The lowest BCUT2D eigenvalue weighted by atomic mass is 10.1. The summed E-state index contributed by atoms with van der Waals surface area (Å²) in [5, 5.41) is 9.50. The molecule has 0 saturated carbocycles. The summed E-state index contributed by atoms with van der Waals surface area (Å²) in [5.41, 5.74) is 0. The van der Waals surface area contributed by atoms with Crippen LogP contribution in [-0.2, 0) is 28.5 Å². The number of aliphatic hydroxyl groups is 1. The SMILES string of the molecule is COC(=O)/C=C/[C@@H]1OC(C)(C)O[C@@H]1/C=C/[C@H](O)C(=O)OC. The van der Waals surface area contributed by atoms with Crippen LogP contribution in [0.15, 0.2) is 24.3 Å². The largest absolute Gasteiger partial charge is 0.467 e. The molecule has 0 radical (unpaired) electrons. The fraction of sp³-hybridized carbons (Fsp3) is 0.571. The molecule has 1 aliphatic rings. The van der Waals surface area contributed by atoms with Gasteiger partial charge in [0.1, 0.15) is 12.2 Å². The van der Waals surface area contributed by atoms with Gasteiger partial charge in [0.2, 0.25) is 0 Å². The van der Waals surface area contributed by atoms with E-state index < -0.39 is 36.0 Å². The molecule has 1 heterocycles. The molecular formula is C14H20O7. The van der Waals surface area contributed by atoms with Crippen molar-refractivity contribution in [2.24, 2.45) is 0 Å². The Labute approximate surface area is 123 Å². The quantitative estimate of drug-likeness (QED) is 0.444. The van der Waals surface area contributed by atoms with E-state index in [1.54, 1.807) is 13.8 Å². The summed E-state index contributed by atoms with van der Waals surface area (Å²) in [5.74, 6) is -2.14. The maximum Gasteiger partial charge on any atom is 0.338 e. The van der Waals surface area contributed by atoms with E-state index in [4.69, 9.17) is 9.47 Å². The maximum atomic E-state index is 11.1. The number of carbonyl (C=O) groups is 2. The summed E-state index contributed by atoms with van der Waals surface area (Å²) in [4.78, 5) is 22.2. The summed E-state index contributed by atoms with van der Waals surface area (Å²) < 4.78 is 20.1. The Hall–Kier alpha value is -1.70. The number of methoxy groups -OCH3 is 2. The van der Waals surface area contributed by atoms with Crippen LogP contribution in [0, 0.1) is 0 Å². The number of hydrogen-bond acceptors (Lipinski definition) is 7. The number of hydrogen-bond donors (Lipinski definition) is 1. The fourth-order valence-electron chi connectivity index (χ4n) is 1.77. The number of ether oxygens (including phenoxy) is 4. The molecule has 0 unspecified atom stereocenters. The van der Waals surface area contributed by atoms with E-state index in [1.165, 1.54) is 38.5 Å².